The lowest BCUT2D eigenvalue weighted by atomic mass is 9.83. The van der Waals surface area contributed by atoms with Crippen molar-refractivity contribution in [2.45, 2.75) is 38.9 Å². The summed E-state index contributed by atoms with van der Waals surface area (Å²) in [5, 5.41) is 14.6. The molecule has 0 fully saturated rings. The van der Waals surface area contributed by atoms with Gasteiger partial charge in [-0.3, -0.25) is 0 Å². The van der Waals surface area contributed by atoms with Gasteiger partial charge in [-0.25, -0.2) is 4.98 Å². The van der Waals surface area contributed by atoms with Crippen LogP contribution in [0.25, 0.3) is 32.8 Å². The molecule has 0 bridgehead atoms. The van der Waals surface area contributed by atoms with Gasteiger partial charge in [0.2, 0.25) is 5.71 Å². The molecule has 0 aliphatic carbocycles. The summed E-state index contributed by atoms with van der Waals surface area (Å²) < 4.78 is 11.8. The van der Waals surface area contributed by atoms with Crippen LogP contribution < -0.4 is 5.46 Å². The minimum absolute atomic E-state index is 0.607. The number of aromatic nitrogens is 1. The van der Waals surface area contributed by atoms with Crippen molar-refractivity contribution in [2.24, 2.45) is 0 Å². The molecule has 2 aromatic heterocycles. The normalized spacial score (nSPS) is 13.0. The minimum Gasteiger partial charge on any atom is -0.438 e. The molecule has 2 aromatic carbocycles. The van der Waals surface area contributed by atoms with Gasteiger partial charge in [0.15, 0.2) is 0 Å². The number of hydrogen-bond donors (Lipinski definition) is 1. The van der Waals surface area contributed by atoms with Crippen LogP contribution in [0.4, 0.5) is 0 Å². The van der Waals surface area contributed by atoms with E-state index in [1.54, 1.807) is 27.5 Å². The molecule has 1 N–H and O–H groups in total. The molecule has 4 nitrogen and oxygen atoms in total. The molecule has 0 spiro atoms. The van der Waals surface area contributed by atoms with E-state index in [-0.39, 0.29) is 0 Å². The highest BCUT2D eigenvalue weighted by Crippen LogP contribution is 2.33. The maximum absolute atomic E-state index is 10.2. The summed E-state index contributed by atoms with van der Waals surface area (Å²) in [6, 6.07) is 14.3. The lowest BCUT2D eigenvalue weighted by Crippen LogP contribution is -2.49. The van der Waals surface area contributed by atoms with Gasteiger partial charge in [0.1, 0.15) is 5.58 Å². The third-order valence-electron chi connectivity index (χ3n) is 5.20. The minimum atomic E-state index is -0.973. The number of hydrogen-bond acceptors (Lipinski definition) is 4. The number of aliphatic hydroxyl groups is 1. The van der Waals surface area contributed by atoms with Gasteiger partial charge in [-0.15, -0.1) is 0 Å². The lowest BCUT2D eigenvalue weighted by molar-refractivity contribution is -0.0893. The van der Waals surface area contributed by atoms with E-state index < -0.39 is 11.2 Å². The van der Waals surface area contributed by atoms with E-state index in [1.807, 2.05) is 38.1 Å². The van der Waals surface area contributed by atoms with Crippen LogP contribution in [0.5, 0.6) is 0 Å². The number of fused-ring (bicyclic) bond motifs is 5. The van der Waals surface area contributed by atoms with Crippen molar-refractivity contribution in [2.75, 3.05) is 0 Å². The summed E-state index contributed by atoms with van der Waals surface area (Å²) in [4.78, 5) is 4.45. The molecule has 1 radical (unpaired) electrons. The second-order valence-electron chi connectivity index (χ2n) is 7.69. The fourth-order valence-electron chi connectivity index (χ4n) is 2.87. The van der Waals surface area contributed by atoms with Gasteiger partial charge in [-0.1, -0.05) is 36.4 Å². The Bertz CT molecular complexity index is 1110. The molecule has 0 saturated carbocycles. The molecule has 26 heavy (non-hydrogen) atoms. The van der Waals surface area contributed by atoms with Gasteiger partial charge in [0.05, 0.1) is 11.2 Å². The highest BCUT2D eigenvalue weighted by molar-refractivity contribution is 6.47. The van der Waals surface area contributed by atoms with E-state index in [1.165, 1.54) is 0 Å². The van der Waals surface area contributed by atoms with Crippen molar-refractivity contribution in [1.29, 1.82) is 0 Å². The van der Waals surface area contributed by atoms with Crippen molar-refractivity contribution in [3.63, 3.8) is 0 Å². The first-order valence-corrected chi connectivity index (χ1v) is 8.70. The summed E-state index contributed by atoms with van der Waals surface area (Å²) >= 11 is 0. The average Bonchev–Trinajstić information content (AvgIpc) is 2.97. The molecule has 131 valence electrons. The van der Waals surface area contributed by atoms with Crippen LogP contribution in [0, 0.1) is 0 Å². The van der Waals surface area contributed by atoms with E-state index in [9.17, 15) is 5.11 Å². The quantitative estimate of drug-likeness (QED) is 0.569. The summed E-state index contributed by atoms with van der Waals surface area (Å²) in [5.41, 5.74) is 0.550. The van der Waals surface area contributed by atoms with Crippen molar-refractivity contribution in [3.8, 4) is 0 Å². The smallest absolute Gasteiger partial charge is 0.332 e. The Morgan fingerprint density at radius 3 is 2.58 bits per heavy atom. The van der Waals surface area contributed by atoms with Crippen LogP contribution in [0.3, 0.4) is 0 Å². The van der Waals surface area contributed by atoms with Crippen LogP contribution in [0.15, 0.2) is 53.1 Å². The van der Waals surface area contributed by atoms with Crippen molar-refractivity contribution < 1.29 is 14.2 Å². The second-order valence-corrected chi connectivity index (χ2v) is 7.69. The van der Waals surface area contributed by atoms with Crippen LogP contribution >= 0.6 is 0 Å². The zero-order valence-corrected chi connectivity index (χ0v) is 15.4. The summed E-state index contributed by atoms with van der Waals surface area (Å²) in [6.07, 6.45) is 1.72. The molecule has 0 amide bonds. The first-order chi connectivity index (χ1) is 12.3. The average molecular weight is 346 g/mol. The predicted molar refractivity (Wildman–Crippen MR) is 106 cm³/mol. The molecule has 0 unspecified atom stereocenters. The summed E-state index contributed by atoms with van der Waals surface area (Å²) in [5.74, 6) is 0. The topological polar surface area (TPSA) is 55.5 Å². The zero-order valence-electron chi connectivity index (χ0n) is 15.4. The molecule has 0 aliphatic rings. The third kappa shape index (κ3) is 2.77. The van der Waals surface area contributed by atoms with E-state index >= 15 is 0 Å². The Labute approximate surface area is 153 Å². The number of furan rings is 1. The van der Waals surface area contributed by atoms with E-state index in [2.05, 4.69) is 23.2 Å². The van der Waals surface area contributed by atoms with Crippen molar-refractivity contribution in [3.05, 3.63) is 48.7 Å². The second kappa shape index (κ2) is 5.83. The Balaban J connectivity index is 1.79. The lowest BCUT2D eigenvalue weighted by Gasteiger charge is -2.37. The third-order valence-corrected chi connectivity index (χ3v) is 5.20. The Hall–Kier alpha value is -2.37. The van der Waals surface area contributed by atoms with Gasteiger partial charge in [0.25, 0.3) is 0 Å². The highest BCUT2D eigenvalue weighted by Gasteiger charge is 2.35. The first-order valence-electron chi connectivity index (χ1n) is 8.70. The van der Waals surface area contributed by atoms with Gasteiger partial charge < -0.3 is 14.2 Å². The van der Waals surface area contributed by atoms with Crippen LogP contribution in [0.2, 0.25) is 0 Å². The van der Waals surface area contributed by atoms with Crippen molar-refractivity contribution in [1.82, 2.24) is 4.98 Å². The molecule has 0 aliphatic heterocycles. The maximum atomic E-state index is 10.2. The molecule has 0 saturated heterocycles. The Kier molecular flexibility index (Phi) is 3.83. The van der Waals surface area contributed by atoms with Gasteiger partial charge in [-0.2, -0.15) is 0 Å². The first kappa shape index (κ1) is 17.1. The monoisotopic (exact) mass is 346 g/mol. The molecule has 4 aromatic rings. The molecule has 2 heterocycles. The van der Waals surface area contributed by atoms with Crippen LogP contribution in [0.1, 0.15) is 27.7 Å². The predicted octanol–water partition coefficient (Wildman–Crippen LogP) is 3.94. The number of benzene rings is 2. The molecular weight excluding hydrogens is 325 g/mol. The summed E-state index contributed by atoms with van der Waals surface area (Å²) in [6.45, 7) is 7.18. The molecule has 5 heteroatoms. The summed E-state index contributed by atoms with van der Waals surface area (Å²) in [7, 11) is 1.65. The fourth-order valence-corrected chi connectivity index (χ4v) is 2.87. The number of nitrogens with zero attached hydrogens (tertiary/aromatic N) is 1. The van der Waals surface area contributed by atoms with E-state index in [0.717, 1.165) is 32.6 Å². The van der Waals surface area contributed by atoms with Crippen LogP contribution in [-0.2, 0) is 4.65 Å². The highest BCUT2D eigenvalue weighted by atomic mass is 16.5. The Morgan fingerprint density at radius 2 is 1.81 bits per heavy atom. The van der Waals surface area contributed by atoms with E-state index in [0.29, 0.717) is 5.71 Å². The standard InChI is InChI=1S/C21H21BNO3/c1-20(2,24)21(3,4)26-22-14-11-16-18-15-8-6-5-7-13(15)9-10-17(18)25-19(16)23-12-14/h5-12,24H,1-4H3. The molecule has 4 rings (SSSR count). The fraction of sp³-hybridized carbons (Fsp3) is 0.286. The van der Waals surface area contributed by atoms with E-state index in [4.69, 9.17) is 9.07 Å². The van der Waals surface area contributed by atoms with Crippen molar-refractivity contribution >= 4 is 45.8 Å². The number of pyridine rings is 1. The SMILES string of the molecule is CC(C)(O)C(C)(C)O[B]c1cnc2oc3ccc4ccccc4c3c2c1. The van der Waals surface area contributed by atoms with Gasteiger partial charge in [-0.05, 0) is 50.0 Å². The Morgan fingerprint density at radius 1 is 1.04 bits per heavy atom. The van der Waals surface area contributed by atoms with Gasteiger partial charge >= 0.3 is 7.48 Å². The van der Waals surface area contributed by atoms with Gasteiger partial charge in [0, 0.05) is 17.0 Å². The maximum Gasteiger partial charge on any atom is 0.332 e. The molecular formula is C21H21BNO3. The largest absolute Gasteiger partial charge is 0.438 e. The van der Waals surface area contributed by atoms with Crippen LogP contribution in [-0.4, -0.2) is 28.8 Å². The zero-order chi connectivity index (χ0) is 18.5. The molecule has 0 atom stereocenters. The number of rotatable bonds is 4.